The molecule has 114 valence electrons. The summed E-state index contributed by atoms with van der Waals surface area (Å²) in [5, 5.41) is 4.18. The number of aromatic nitrogens is 2. The standard InChI is InChI=1S/C16H17N3O2S/c1-21-12-8-11-4-2-3-5-13(11)19(9-12)16(20)15-14(10-6-7-10)17-18-22-15/h2-5,10,12H,6-9H2,1H3. The zero-order valence-corrected chi connectivity index (χ0v) is 13.2. The van der Waals surface area contributed by atoms with Crippen molar-refractivity contribution in [2.45, 2.75) is 31.3 Å². The molecule has 2 aliphatic rings. The molecule has 1 fully saturated rings. The van der Waals surface area contributed by atoms with Gasteiger partial charge in [0, 0.05) is 25.1 Å². The fourth-order valence-electron chi connectivity index (χ4n) is 3.00. The summed E-state index contributed by atoms with van der Waals surface area (Å²) in [6.07, 6.45) is 3.10. The number of methoxy groups -OCH3 is 1. The molecule has 0 saturated heterocycles. The van der Waals surface area contributed by atoms with Crippen molar-refractivity contribution in [1.29, 1.82) is 0 Å². The van der Waals surface area contributed by atoms with Gasteiger partial charge in [0.05, 0.1) is 18.3 Å². The largest absolute Gasteiger partial charge is 0.379 e. The molecule has 22 heavy (non-hydrogen) atoms. The Bertz CT molecular complexity index is 711. The molecule has 2 heterocycles. The molecule has 1 aliphatic carbocycles. The third-order valence-electron chi connectivity index (χ3n) is 4.37. The Morgan fingerprint density at radius 3 is 2.95 bits per heavy atom. The number of anilines is 1. The van der Waals surface area contributed by atoms with Gasteiger partial charge in [0.1, 0.15) is 4.88 Å². The SMILES string of the molecule is COC1Cc2ccccc2N(C(=O)c2snnc2C2CC2)C1. The molecule has 5 nitrogen and oxygen atoms in total. The number of carbonyl (C=O) groups is 1. The fraction of sp³-hybridized carbons (Fsp3) is 0.438. The van der Waals surface area contributed by atoms with Crippen molar-refractivity contribution in [3.63, 3.8) is 0 Å². The maximum absolute atomic E-state index is 13.0. The van der Waals surface area contributed by atoms with Crippen LogP contribution in [0.15, 0.2) is 24.3 Å². The van der Waals surface area contributed by atoms with Crippen LogP contribution in [0.1, 0.15) is 39.7 Å². The first-order valence-corrected chi connectivity index (χ1v) is 8.30. The summed E-state index contributed by atoms with van der Waals surface area (Å²) in [5.41, 5.74) is 3.02. The van der Waals surface area contributed by atoms with Gasteiger partial charge in [0.2, 0.25) is 0 Å². The van der Waals surface area contributed by atoms with Crippen LogP contribution in [0.2, 0.25) is 0 Å². The predicted octanol–water partition coefficient (Wildman–Crippen LogP) is 2.63. The molecule has 4 rings (SSSR count). The number of para-hydroxylation sites is 1. The number of amides is 1. The van der Waals surface area contributed by atoms with Gasteiger partial charge in [-0.2, -0.15) is 0 Å². The molecule has 0 N–H and O–H groups in total. The van der Waals surface area contributed by atoms with Crippen LogP contribution >= 0.6 is 11.5 Å². The molecule has 6 heteroatoms. The lowest BCUT2D eigenvalue weighted by Gasteiger charge is -2.33. The Morgan fingerprint density at radius 2 is 2.18 bits per heavy atom. The second-order valence-electron chi connectivity index (χ2n) is 5.87. The van der Waals surface area contributed by atoms with Crippen LogP contribution < -0.4 is 4.90 Å². The molecule has 1 amide bonds. The molecule has 1 saturated carbocycles. The molecular formula is C16H17N3O2S. The van der Waals surface area contributed by atoms with Crippen molar-refractivity contribution in [1.82, 2.24) is 9.59 Å². The molecule has 1 aromatic carbocycles. The maximum atomic E-state index is 13.0. The van der Waals surface area contributed by atoms with Gasteiger partial charge in [0.25, 0.3) is 5.91 Å². The van der Waals surface area contributed by atoms with Gasteiger partial charge in [0.15, 0.2) is 0 Å². The Kier molecular flexibility index (Phi) is 3.43. The number of nitrogens with zero attached hydrogens (tertiary/aromatic N) is 3. The van der Waals surface area contributed by atoms with E-state index in [9.17, 15) is 4.79 Å². The summed E-state index contributed by atoms with van der Waals surface area (Å²) in [6.45, 7) is 0.578. The van der Waals surface area contributed by atoms with E-state index in [4.69, 9.17) is 4.74 Å². The van der Waals surface area contributed by atoms with Crippen LogP contribution in [0.4, 0.5) is 5.69 Å². The van der Waals surface area contributed by atoms with E-state index < -0.39 is 0 Å². The fourth-order valence-corrected chi connectivity index (χ4v) is 3.70. The summed E-state index contributed by atoms with van der Waals surface area (Å²) < 4.78 is 9.52. The Balaban J connectivity index is 1.71. The van der Waals surface area contributed by atoms with E-state index in [0.29, 0.717) is 17.3 Å². The molecule has 0 bridgehead atoms. The van der Waals surface area contributed by atoms with Gasteiger partial charge < -0.3 is 9.64 Å². The Morgan fingerprint density at radius 1 is 1.36 bits per heavy atom. The van der Waals surface area contributed by atoms with Crippen LogP contribution in [0.3, 0.4) is 0 Å². The number of rotatable bonds is 3. The van der Waals surface area contributed by atoms with Gasteiger partial charge in [-0.3, -0.25) is 4.79 Å². The number of benzene rings is 1. The van der Waals surface area contributed by atoms with E-state index in [1.807, 2.05) is 23.1 Å². The normalized spacial score (nSPS) is 20.8. The van der Waals surface area contributed by atoms with E-state index in [0.717, 1.165) is 36.2 Å². The van der Waals surface area contributed by atoms with Crippen molar-refractivity contribution in [2.24, 2.45) is 0 Å². The third-order valence-corrected chi connectivity index (χ3v) is 5.10. The second kappa shape index (κ2) is 5.44. The first-order chi connectivity index (χ1) is 10.8. The third kappa shape index (κ3) is 2.32. The quantitative estimate of drug-likeness (QED) is 0.874. The van der Waals surface area contributed by atoms with Crippen LogP contribution in [-0.2, 0) is 11.2 Å². The monoisotopic (exact) mass is 315 g/mol. The minimum absolute atomic E-state index is 0.00565. The Labute approximate surface area is 133 Å². The number of carbonyl (C=O) groups excluding carboxylic acids is 1. The molecule has 1 atom stereocenters. The van der Waals surface area contributed by atoms with Crippen molar-refractivity contribution in [3.8, 4) is 0 Å². The summed E-state index contributed by atoms with van der Waals surface area (Å²) in [4.78, 5) is 15.6. The van der Waals surface area contributed by atoms with E-state index in [1.165, 1.54) is 11.5 Å². The molecule has 0 spiro atoms. The average molecular weight is 315 g/mol. The lowest BCUT2D eigenvalue weighted by atomic mass is 9.99. The van der Waals surface area contributed by atoms with E-state index in [1.54, 1.807) is 7.11 Å². The first kappa shape index (κ1) is 13.8. The topological polar surface area (TPSA) is 55.3 Å². The van der Waals surface area contributed by atoms with Crippen LogP contribution in [-0.4, -0.2) is 35.3 Å². The number of ether oxygens (including phenoxy) is 1. The smallest absolute Gasteiger partial charge is 0.272 e. The van der Waals surface area contributed by atoms with Crippen molar-refractivity contribution in [3.05, 3.63) is 40.4 Å². The second-order valence-corrected chi connectivity index (χ2v) is 6.62. The highest BCUT2D eigenvalue weighted by molar-refractivity contribution is 7.08. The number of hydrogen-bond donors (Lipinski definition) is 0. The zero-order chi connectivity index (χ0) is 15.1. The predicted molar refractivity (Wildman–Crippen MR) is 84.5 cm³/mol. The van der Waals surface area contributed by atoms with E-state index in [-0.39, 0.29) is 12.0 Å². The summed E-state index contributed by atoms with van der Waals surface area (Å²) in [6, 6.07) is 8.04. The van der Waals surface area contributed by atoms with Crippen molar-refractivity contribution >= 4 is 23.1 Å². The first-order valence-electron chi connectivity index (χ1n) is 7.52. The molecule has 1 aromatic heterocycles. The summed E-state index contributed by atoms with van der Waals surface area (Å²) in [5.74, 6) is 0.432. The molecule has 1 unspecified atom stereocenters. The highest BCUT2D eigenvalue weighted by Crippen LogP contribution is 2.42. The van der Waals surface area contributed by atoms with Crippen LogP contribution in [0.25, 0.3) is 0 Å². The number of hydrogen-bond acceptors (Lipinski definition) is 5. The van der Waals surface area contributed by atoms with E-state index in [2.05, 4.69) is 15.7 Å². The molecular weight excluding hydrogens is 298 g/mol. The van der Waals surface area contributed by atoms with Gasteiger partial charge >= 0.3 is 0 Å². The zero-order valence-electron chi connectivity index (χ0n) is 12.4. The summed E-state index contributed by atoms with van der Waals surface area (Å²) >= 11 is 1.21. The average Bonchev–Trinajstić information content (AvgIpc) is 3.30. The van der Waals surface area contributed by atoms with E-state index >= 15 is 0 Å². The molecule has 1 aliphatic heterocycles. The van der Waals surface area contributed by atoms with Crippen LogP contribution in [0, 0.1) is 0 Å². The molecule has 0 radical (unpaired) electrons. The summed E-state index contributed by atoms with van der Waals surface area (Å²) in [7, 11) is 1.70. The van der Waals surface area contributed by atoms with Gasteiger partial charge in [-0.05, 0) is 36.0 Å². The minimum atomic E-state index is 0.00565. The lowest BCUT2D eigenvalue weighted by Crippen LogP contribution is -2.43. The van der Waals surface area contributed by atoms with Crippen molar-refractivity contribution < 1.29 is 9.53 Å². The molecule has 2 aromatic rings. The maximum Gasteiger partial charge on any atom is 0.272 e. The van der Waals surface area contributed by atoms with Gasteiger partial charge in [-0.15, -0.1) is 5.10 Å². The van der Waals surface area contributed by atoms with Gasteiger partial charge in [-0.25, -0.2) is 0 Å². The van der Waals surface area contributed by atoms with Crippen LogP contribution in [0.5, 0.6) is 0 Å². The lowest BCUT2D eigenvalue weighted by molar-refractivity contribution is 0.0872. The highest BCUT2D eigenvalue weighted by atomic mass is 32.1. The highest BCUT2D eigenvalue weighted by Gasteiger charge is 2.36. The minimum Gasteiger partial charge on any atom is -0.379 e. The Hall–Kier alpha value is -1.79. The number of fused-ring (bicyclic) bond motifs is 1. The van der Waals surface area contributed by atoms with Gasteiger partial charge in [-0.1, -0.05) is 22.7 Å². The van der Waals surface area contributed by atoms with Crippen molar-refractivity contribution in [2.75, 3.05) is 18.6 Å².